The van der Waals surface area contributed by atoms with E-state index < -0.39 is 0 Å². The average Bonchev–Trinajstić information content (AvgIpc) is 3.14. The van der Waals surface area contributed by atoms with Gasteiger partial charge in [-0.2, -0.15) is 0 Å². The number of imidazole rings is 1. The Balaban J connectivity index is 0.00000320. The van der Waals surface area contributed by atoms with Crippen molar-refractivity contribution in [3.63, 3.8) is 0 Å². The molecule has 0 radical (unpaired) electrons. The molecular formula is C22H37IN6O. The van der Waals surface area contributed by atoms with Gasteiger partial charge in [-0.05, 0) is 31.4 Å². The SMILES string of the molecule is CCNC(=NCC(C(C)C)N1CCOCC1)NCCCc1nc2ccccc2[nH]1.I. The van der Waals surface area contributed by atoms with Gasteiger partial charge in [0.25, 0.3) is 0 Å². The van der Waals surface area contributed by atoms with Crippen molar-refractivity contribution in [1.82, 2.24) is 25.5 Å². The molecule has 30 heavy (non-hydrogen) atoms. The van der Waals surface area contributed by atoms with Gasteiger partial charge in [0, 0.05) is 38.6 Å². The molecule has 1 aliphatic rings. The Morgan fingerprint density at radius 1 is 1.23 bits per heavy atom. The number of nitrogens with one attached hydrogen (secondary N) is 3. The molecule has 3 N–H and O–H groups in total. The number of aromatic nitrogens is 2. The molecule has 1 aromatic carbocycles. The zero-order valence-electron chi connectivity index (χ0n) is 18.5. The van der Waals surface area contributed by atoms with Crippen LogP contribution in [0.4, 0.5) is 0 Å². The number of benzene rings is 1. The van der Waals surface area contributed by atoms with Gasteiger partial charge in [-0.3, -0.25) is 9.89 Å². The molecule has 2 heterocycles. The van der Waals surface area contributed by atoms with E-state index in [4.69, 9.17) is 9.73 Å². The van der Waals surface area contributed by atoms with Gasteiger partial charge in [-0.25, -0.2) is 4.98 Å². The van der Waals surface area contributed by atoms with E-state index in [1.165, 1.54) is 0 Å². The minimum absolute atomic E-state index is 0. The maximum atomic E-state index is 5.51. The van der Waals surface area contributed by atoms with E-state index in [9.17, 15) is 0 Å². The number of para-hydroxylation sites is 2. The molecule has 0 spiro atoms. The number of fused-ring (bicyclic) bond motifs is 1. The van der Waals surface area contributed by atoms with Gasteiger partial charge < -0.3 is 20.4 Å². The first-order chi connectivity index (χ1) is 14.2. The number of hydrogen-bond donors (Lipinski definition) is 3. The number of halogens is 1. The van der Waals surface area contributed by atoms with E-state index in [0.717, 1.165) is 81.6 Å². The lowest BCUT2D eigenvalue weighted by Gasteiger charge is -2.36. The lowest BCUT2D eigenvalue weighted by atomic mass is 10.0. The van der Waals surface area contributed by atoms with E-state index in [1.54, 1.807) is 0 Å². The number of morpholine rings is 1. The highest BCUT2D eigenvalue weighted by Crippen LogP contribution is 2.13. The summed E-state index contributed by atoms with van der Waals surface area (Å²) in [6, 6.07) is 8.62. The summed E-state index contributed by atoms with van der Waals surface area (Å²) in [5.74, 6) is 2.51. The molecular weight excluding hydrogens is 491 g/mol. The van der Waals surface area contributed by atoms with Gasteiger partial charge in [0.05, 0.1) is 30.8 Å². The van der Waals surface area contributed by atoms with Gasteiger partial charge in [-0.15, -0.1) is 24.0 Å². The first kappa shape index (κ1) is 24.9. The first-order valence-corrected chi connectivity index (χ1v) is 10.9. The molecule has 0 amide bonds. The molecule has 0 saturated carbocycles. The molecule has 1 atom stereocenters. The Bertz CT molecular complexity index is 739. The van der Waals surface area contributed by atoms with Crippen LogP contribution in [0.15, 0.2) is 29.3 Å². The Hall–Kier alpha value is -1.39. The van der Waals surface area contributed by atoms with E-state index in [0.29, 0.717) is 12.0 Å². The van der Waals surface area contributed by atoms with Gasteiger partial charge in [0.2, 0.25) is 0 Å². The maximum Gasteiger partial charge on any atom is 0.191 e. The fourth-order valence-electron chi connectivity index (χ4n) is 3.77. The van der Waals surface area contributed by atoms with Crippen LogP contribution in [-0.4, -0.2) is 72.8 Å². The summed E-state index contributed by atoms with van der Waals surface area (Å²) in [5, 5.41) is 6.85. The second kappa shape index (κ2) is 13.1. The number of aryl methyl sites for hydroxylation is 1. The van der Waals surface area contributed by atoms with Gasteiger partial charge in [0.15, 0.2) is 5.96 Å². The third-order valence-electron chi connectivity index (χ3n) is 5.39. The number of aliphatic imine (C=N–C) groups is 1. The number of guanidine groups is 1. The number of aromatic amines is 1. The normalized spacial score (nSPS) is 16.5. The molecule has 1 unspecified atom stereocenters. The second-order valence-electron chi connectivity index (χ2n) is 7.91. The number of rotatable bonds is 9. The Morgan fingerprint density at radius 3 is 2.70 bits per heavy atom. The van der Waals surface area contributed by atoms with E-state index in [-0.39, 0.29) is 24.0 Å². The molecule has 8 heteroatoms. The van der Waals surface area contributed by atoms with Gasteiger partial charge in [0.1, 0.15) is 5.82 Å². The molecule has 2 aromatic rings. The van der Waals surface area contributed by atoms with E-state index in [1.807, 2.05) is 18.2 Å². The number of ether oxygens (including phenoxy) is 1. The summed E-state index contributed by atoms with van der Waals surface area (Å²) in [6.45, 7) is 12.8. The molecule has 7 nitrogen and oxygen atoms in total. The second-order valence-corrected chi connectivity index (χ2v) is 7.91. The molecule has 1 saturated heterocycles. The minimum Gasteiger partial charge on any atom is -0.379 e. The quantitative estimate of drug-likeness (QED) is 0.202. The van der Waals surface area contributed by atoms with Crippen LogP contribution in [0.2, 0.25) is 0 Å². The van der Waals surface area contributed by atoms with Crippen LogP contribution in [-0.2, 0) is 11.2 Å². The van der Waals surface area contributed by atoms with E-state index in [2.05, 4.69) is 52.3 Å². The van der Waals surface area contributed by atoms with Crippen molar-refractivity contribution in [2.45, 2.75) is 39.7 Å². The van der Waals surface area contributed by atoms with Crippen LogP contribution in [0.3, 0.4) is 0 Å². The third kappa shape index (κ3) is 7.39. The third-order valence-corrected chi connectivity index (χ3v) is 5.39. The Kier molecular flexibility index (Phi) is 10.9. The van der Waals surface area contributed by atoms with Crippen molar-refractivity contribution in [1.29, 1.82) is 0 Å². The van der Waals surface area contributed by atoms with Gasteiger partial charge >= 0.3 is 0 Å². The van der Waals surface area contributed by atoms with Crippen LogP contribution < -0.4 is 10.6 Å². The number of nitrogens with zero attached hydrogens (tertiary/aromatic N) is 3. The standard InChI is InChI=1S/C22H36N6O.HI/c1-4-23-22(25-16-20(17(2)3)28-12-14-29-15-13-28)24-11-7-10-21-26-18-8-5-6-9-19(18)27-21;/h5-6,8-9,17,20H,4,7,10-16H2,1-3H3,(H,26,27)(H2,23,24,25);1H. The fraction of sp³-hybridized carbons (Fsp3) is 0.636. The largest absolute Gasteiger partial charge is 0.379 e. The maximum absolute atomic E-state index is 5.51. The predicted octanol–water partition coefficient (Wildman–Crippen LogP) is 3.03. The van der Waals surface area contributed by atoms with Crippen LogP contribution >= 0.6 is 24.0 Å². The van der Waals surface area contributed by atoms with Crippen molar-refractivity contribution >= 4 is 41.0 Å². The predicted molar refractivity (Wildman–Crippen MR) is 135 cm³/mol. The topological polar surface area (TPSA) is 77.6 Å². The lowest BCUT2D eigenvalue weighted by Crippen LogP contribution is -2.48. The van der Waals surface area contributed by atoms with Crippen LogP contribution in [0.25, 0.3) is 11.0 Å². The highest BCUT2D eigenvalue weighted by Gasteiger charge is 2.23. The smallest absolute Gasteiger partial charge is 0.191 e. The van der Waals surface area contributed by atoms with Gasteiger partial charge in [-0.1, -0.05) is 26.0 Å². The van der Waals surface area contributed by atoms with Crippen molar-refractivity contribution in [2.75, 3.05) is 45.9 Å². The van der Waals surface area contributed by atoms with Crippen molar-refractivity contribution in [3.8, 4) is 0 Å². The Labute approximate surface area is 197 Å². The minimum atomic E-state index is 0. The summed E-state index contributed by atoms with van der Waals surface area (Å²) in [4.78, 5) is 15.4. The number of hydrogen-bond acceptors (Lipinski definition) is 4. The summed E-state index contributed by atoms with van der Waals surface area (Å²) < 4.78 is 5.51. The highest BCUT2D eigenvalue weighted by atomic mass is 127. The molecule has 1 aliphatic heterocycles. The Morgan fingerprint density at radius 2 is 2.00 bits per heavy atom. The van der Waals surface area contributed by atoms with Crippen molar-refractivity contribution < 1.29 is 4.74 Å². The van der Waals surface area contributed by atoms with Crippen LogP contribution in [0.5, 0.6) is 0 Å². The molecule has 3 rings (SSSR count). The van der Waals surface area contributed by atoms with Crippen LogP contribution in [0, 0.1) is 5.92 Å². The first-order valence-electron chi connectivity index (χ1n) is 10.9. The zero-order valence-corrected chi connectivity index (χ0v) is 20.8. The average molecular weight is 528 g/mol. The highest BCUT2D eigenvalue weighted by molar-refractivity contribution is 14.0. The van der Waals surface area contributed by atoms with E-state index >= 15 is 0 Å². The molecule has 0 aliphatic carbocycles. The van der Waals surface area contributed by atoms with Crippen molar-refractivity contribution in [3.05, 3.63) is 30.1 Å². The lowest BCUT2D eigenvalue weighted by molar-refractivity contribution is 0.00867. The summed E-state index contributed by atoms with van der Waals surface area (Å²) in [7, 11) is 0. The summed E-state index contributed by atoms with van der Waals surface area (Å²) in [5.41, 5.74) is 2.14. The monoisotopic (exact) mass is 528 g/mol. The van der Waals surface area contributed by atoms with Crippen LogP contribution in [0.1, 0.15) is 33.0 Å². The molecule has 0 bridgehead atoms. The van der Waals surface area contributed by atoms with Crippen molar-refractivity contribution in [2.24, 2.45) is 10.9 Å². The summed E-state index contributed by atoms with van der Waals surface area (Å²) >= 11 is 0. The fourth-order valence-corrected chi connectivity index (χ4v) is 3.77. The zero-order chi connectivity index (χ0) is 20.5. The molecule has 168 valence electrons. The molecule has 1 aromatic heterocycles. The summed E-state index contributed by atoms with van der Waals surface area (Å²) in [6.07, 6.45) is 1.92. The molecule has 1 fully saturated rings. The number of H-pyrrole nitrogens is 1.